The van der Waals surface area contributed by atoms with Gasteiger partial charge in [0.05, 0.1) is 5.75 Å². The number of hydrogen-bond acceptors (Lipinski definition) is 3. The summed E-state index contributed by atoms with van der Waals surface area (Å²) in [5, 5.41) is 5.04. The van der Waals surface area contributed by atoms with E-state index in [0.29, 0.717) is 5.75 Å². The van der Waals surface area contributed by atoms with E-state index in [1.165, 1.54) is 4.90 Å². The van der Waals surface area contributed by atoms with Gasteiger partial charge in [0, 0.05) is 14.1 Å². The largest absolute Gasteiger partial charge is 0.348 e. The third kappa shape index (κ3) is 2.87. The van der Waals surface area contributed by atoms with Gasteiger partial charge in [-0.15, -0.1) is 0 Å². The molecule has 3 nitrogen and oxygen atoms in total. The molecule has 0 unspecified atom stereocenters. The summed E-state index contributed by atoms with van der Waals surface area (Å²) in [6.45, 7) is 0. The highest BCUT2D eigenvalue weighted by atomic mass is 32.2. The Kier molecular flexibility index (Phi) is 3.64. The van der Waals surface area contributed by atoms with E-state index >= 15 is 0 Å². The molecule has 0 rings (SSSR count). The first-order valence-electron chi connectivity index (χ1n) is 2.20. The first kappa shape index (κ1) is 7.78. The Morgan fingerprint density at radius 1 is 1.75 bits per heavy atom. The van der Waals surface area contributed by atoms with Gasteiger partial charge in [-0.25, -0.2) is 0 Å². The molecule has 0 saturated carbocycles. The van der Waals surface area contributed by atoms with E-state index < -0.39 is 0 Å². The molecule has 0 heterocycles. The zero-order chi connectivity index (χ0) is 6.57. The molecular formula is C4H10N2OS. The summed E-state index contributed by atoms with van der Waals surface area (Å²) in [5.74, 6) is 0.421. The molecule has 48 valence electrons. The summed E-state index contributed by atoms with van der Waals surface area (Å²) < 4.78 is 0. The fourth-order valence-electron chi connectivity index (χ4n) is 0.200. The van der Waals surface area contributed by atoms with Crippen molar-refractivity contribution in [3.63, 3.8) is 0 Å². The van der Waals surface area contributed by atoms with Crippen LogP contribution in [0.5, 0.6) is 0 Å². The summed E-state index contributed by atoms with van der Waals surface area (Å²) >= 11 is 1.05. The number of nitrogens with two attached hydrogens (primary N) is 1. The normalized spacial score (nSPS) is 8.88. The summed E-state index contributed by atoms with van der Waals surface area (Å²) in [6, 6.07) is 0. The third-order valence-corrected chi connectivity index (χ3v) is 1.12. The van der Waals surface area contributed by atoms with Gasteiger partial charge in [0.2, 0.25) is 5.91 Å². The van der Waals surface area contributed by atoms with E-state index in [1.54, 1.807) is 14.1 Å². The van der Waals surface area contributed by atoms with Gasteiger partial charge in [-0.1, -0.05) is 11.9 Å². The van der Waals surface area contributed by atoms with Crippen LogP contribution in [0.3, 0.4) is 0 Å². The number of carbonyl (C=O) groups excluding carboxylic acids is 1. The zero-order valence-electron chi connectivity index (χ0n) is 5.05. The van der Waals surface area contributed by atoms with E-state index in [2.05, 4.69) is 0 Å². The second-order valence-corrected chi connectivity index (χ2v) is 2.22. The molecule has 0 radical (unpaired) electrons. The first-order chi connectivity index (χ1) is 3.68. The van der Waals surface area contributed by atoms with Gasteiger partial charge in [-0.2, -0.15) is 0 Å². The van der Waals surface area contributed by atoms with Gasteiger partial charge in [0.1, 0.15) is 0 Å². The maximum absolute atomic E-state index is 10.6. The lowest BCUT2D eigenvalue weighted by molar-refractivity contribution is -0.125. The van der Waals surface area contributed by atoms with Crippen molar-refractivity contribution in [2.75, 3.05) is 19.8 Å². The molecule has 0 spiro atoms. The lowest BCUT2D eigenvalue weighted by Gasteiger charge is -2.06. The molecule has 4 heteroatoms. The summed E-state index contributed by atoms with van der Waals surface area (Å²) in [6.07, 6.45) is 0. The maximum Gasteiger partial charge on any atom is 0.233 e. The average Bonchev–Trinajstić information content (AvgIpc) is 1.67. The molecule has 0 bridgehead atoms. The maximum atomic E-state index is 10.6. The van der Waals surface area contributed by atoms with Crippen LogP contribution < -0.4 is 5.14 Å². The predicted molar refractivity (Wildman–Crippen MR) is 35.3 cm³/mol. The molecule has 0 aliphatic rings. The van der Waals surface area contributed by atoms with Crippen molar-refractivity contribution < 1.29 is 4.79 Å². The minimum atomic E-state index is 0.0532. The minimum absolute atomic E-state index is 0.0532. The van der Waals surface area contributed by atoms with Crippen molar-refractivity contribution >= 4 is 17.9 Å². The van der Waals surface area contributed by atoms with E-state index in [4.69, 9.17) is 5.14 Å². The molecule has 0 aliphatic heterocycles. The van der Waals surface area contributed by atoms with E-state index in [1.807, 2.05) is 0 Å². The number of hydrogen-bond donors (Lipinski definition) is 1. The average molecular weight is 134 g/mol. The minimum Gasteiger partial charge on any atom is -0.348 e. The fraction of sp³-hybridized carbons (Fsp3) is 0.750. The van der Waals surface area contributed by atoms with Gasteiger partial charge in [0.25, 0.3) is 0 Å². The zero-order valence-corrected chi connectivity index (χ0v) is 5.86. The van der Waals surface area contributed by atoms with Gasteiger partial charge < -0.3 is 4.90 Å². The van der Waals surface area contributed by atoms with Crippen LogP contribution in [-0.2, 0) is 4.79 Å². The molecular weight excluding hydrogens is 124 g/mol. The standard InChI is InChI=1S/C4H10N2OS/c1-6(2)4(7)3-8-5/h3,5H2,1-2H3. The second kappa shape index (κ2) is 3.74. The van der Waals surface area contributed by atoms with Crippen LogP contribution in [0.2, 0.25) is 0 Å². The number of rotatable bonds is 2. The van der Waals surface area contributed by atoms with Crippen LogP contribution in [0.25, 0.3) is 0 Å². The Bertz CT molecular complexity index is 84.1. The van der Waals surface area contributed by atoms with Crippen LogP contribution in [0, 0.1) is 0 Å². The first-order valence-corrected chi connectivity index (χ1v) is 3.25. The van der Waals surface area contributed by atoms with Crippen molar-refractivity contribution in [2.24, 2.45) is 5.14 Å². The highest BCUT2D eigenvalue weighted by Gasteiger charge is 1.99. The summed E-state index contributed by atoms with van der Waals surface area (Å²) in [4.78, 5) is 12.1. The van der Waals surface area contributed by atoms with Gasteiger partial charge >= 0.3 is 0 Å². The lowest BCUT2D eigenvalue weighted by atomic mass is 10.6. The van der Waals surface area contributed by atoms with Crippen LogP contribution in [0.4, 0.5) is 0 Å². The molecule has 0 fully saturated rings. The molecule has 1 amide bonds. The van der Waals surface area contributed by atoms with Crippen LogP contribution in [0.1, 0.15) is 0 Å². The number of carbonyl (C=O) groups is 1. The van der Waals surface area contributed by atoms with Gasteiger partial charge in [0.15, 0.2) is 0 Å². The molecule has 0 aromatic heterocycles. The Hall–Kier alpha value is -0.220. The quantitative estimate of drug-likeness (QED) is 0.526. The molecule has 0 saturated heterocycles. The van der Waals surface area contributed by atoms with Gasteiger partial charge in [-0.3, -0.25) is 9.93 Å². The number of nitrogens with zero attached hydrogens (tertiary/aromatic N) is 1. The Balaban J connectivity index is 3.33. The van der Waals surface area contributed by atoms with Crippen LogP contribution >= 0.6 is 11.9 Å². The number of amides is 1. The van der Waals surface area contributed by atoms with Crippen molar-refractivity contribution in [1.29, 1.82) is 0 Å². The van der Waals surface area contributed by atoms with Gasteiger partial charge in [-0.05, 0) is 0 Å². The van der Waals surface area contributed by atoms with Crippen molar-refractivity contribution in [3.05, 3.63) is 0 Å². The third-order valence-electron chi connectivity index (χ3n) is 0.706. The Labute approximate surface area is 53.4 Å². The molecule has 0 atom stereocenters. The molecule has 8 heavy (non-hydrogen) atoms. The van der Waals surface area contributed by atoms with E-state index in [9.17, 15) is 4.79 Å². The second-order valence-electron chi connectivity index (χ2n) is 1.60. The monoisotopic (exact) mass is 134 g/mol. The molecule has 0 aromatic rings. The molecule has 0 aromatic carbocycles. The Morgan fingerprint density at radius 2 is 2.25 bits per heavy atom. The lowest BCUT2D eigenvalue weighted by Crippen LogP contribution is -2.23. The van der Waals surface area contributed by atoms with Crippen LogP contribution in [-0.4, -0.2) is 30.7 Å². The van der Waals surface area contributed by atoms with Crippen LogP contribution in [0.15, 0.2) is 0 Å². The van der Waals surface area contributed by atoms with Crippen molar-refractivity contribution in [1.82, 2.24) is 4.90 Å². The fourth-order valence-corrected chi connectivity index (χ4v) is 0.601. The summed E-state index contributed by atoms with van der Waals surface area (Å²) in [7, 11) is 3.41. The smallest absolute Gasteiger partial charge is 0.233 e. The SMILES string of the molecule is CN(C)C(=O)CSN. The van der Waals surface area contributed by atoms with E-state index in [0.717, 1.165) is 11.9 Å². The van der Waals surface area contributed by atoms with E-state index in [-0.39, 0.29) is 5.91 Å². The molecule has 2 N–H and O–H groups in total. The van der Waals surface area contributed by atoms with Crippen molar-refractivity contribution in [2.45, 2.75) is 0 Å². The topological polar surface area (TPSA) is 46.3 Å². The highest BCUT2D eigenvalue weighted by molar-refractivity contribution is 7.97. The van der Waals surface area contributed by atoms with Crippen molar-refractivity contribution in [3.8, 4) is 0 Å². The highest BCUT2D eigenvalue weighted by Crippen LogP contribution is 1.87. The Morgan fingerprint density at radius 3 is 2.38 bits per heavy atom. The molecule has 0 aliphatic carbocycles. The predicted octanol–water partition coefficient (Wildman–Crippen LogP) is -0.319. The summed E-state index contributed by atoms with van der Waals surface area (Å²) in [5.41, 5.74) is 0.